The quantitative estimate of drug-likeness (QED) is 0.870. The SMILES string of the molecule is Cc1ccc(CN(C)C(=O)Nc2cnn(CC(=O)O)c2)o1. The lowest BCUT2D eigenvalue weighted by molar-refractivity contribution is -0.137. The van der Waals surface area contributed by atoms with E-state index >= 15 is 0 Å². The maximum Gasteiger partial charge on any atom is 0.325 e. The molecule has 0 unspecified atom stereocenters. The van der Waals surface area contributed by atoms with Crippen molar-refractivity contribution in [2.45, 2.75) is 20.0 Å². The monoisotopic (exact) mass is 292 g/mol. The van der Waals surface area contributed by atoms with Crippen LogP contribution in [0.25, 0.3) is 0 Å². The summed E-state index contributed by atoms with van der Waals surface area (Å²) in [6.45, 7) is 1.92. The van der Waals surface area contributed by atoms with Gasteiger partial charge in [-0.15, -0.1) is 0 Å². The predicted octanol–water partition coefficient (Wildman–Crippen LogP) is 1.53. The highest BCUT2D eigenvalue weighted by atomic mass is 16.4. The number of carbonyl (C=O) groups excluding carboxylic acids is 1. The normalized spacial score (nSPS) is 10.4. The number of nitrogens with zero attached hydrogens (tertiary/aromatic N) is 3. The third-order valence-corrected chi connectivity index (χ3v) is 2.72. The first kappa shape index (κ1) is 14.6. The van der Waals surface area contributed by atoms with E-state index in [4.69, 9.17) is 9.52 Å². The van der Waals surface area contributed by atoms with E-state index in [0.717, 1.165) is 5.76 Å². The lowest BCUT2D eigenvalue weighted by Crippen LogP contribution is -2.30. The van der Waals surface area contributed by atoms with Crippen LogP contribution in [0.15, 0.2) is 28.9 Å². The van der Waals surface area contributed by atoms with E-state index in [9.17, 15) is 9.59 Å². The van der Waals surface area contributed by atoms with Gasteiger partial charge in [0.1, 0.15) is 18.1 Å². The van der Waals surface area contributed by atoms with Gasteiger partial charge in [-0.1, -0.05) is 0 Å². The lowest BCUT2D eigenvalue weighted by atomic mass is 10.4. The third-order valence-electron chi connectivity index (χ3n) is 2.72. The molecule has 8 nitrogen and oxygen atoms in total. The van der Waals surface area contributed by atoms with Crippen LogP contribution in [-0.2, 0) is 17.9 Å². The minimum Gasteiger partial charge on any atom is -0.480 e. The Hall–Kier alpha value is -2.77. The van der Waals surface area contributed by atoms with Crippen molar-refractivity contribution in [3.05, 3.63) is 36.0 Å². The fourth-order valence-corrected chi connectivity index (χ4v) is 1.75. The minimum absolute atomic E-state index is 0.253. The summed E-state index contributed by atoms with van der Waals surface area (Å²) in [6, 6.07) is 3.31. The number of hydrogen-bond donors (Lipinski definition) is 2. The number of urea groups is 1. The summed E-state index contributed by atoms with van der Waals surface area (Å²) in [5.41, 5.74) is 0.434. The first-order chi connectivity index (χ1) is 9.94. The zero-order valence-electron chi connectivity index (χ0n) is 11.7. The molecule has 2 aromatic rings. The fraction of sp³-hybridized carbons (Fsp3) is 0.308. The molecule has 2 N–H and O–H groups in total. The Morgan fingerprint density at radius 2 is 2.24 bits per heavy atom. The first-order valence-electron chi connectivity index (χ1n) is 6.25. The molecule has 0 aliphatic carbocycles. The molecular weight excluding hydrogens is 276 g/mol. The number of amides is 2. The number of anilines is 1. The molecule has 2 rings (SSSR count). The standard InChI is InChI=1S/C13H16N4O4/c1-9-3-4-11(21-9)7-16(2)13(20)15-10-5-14-17(6-10)8-12(18)19/h3-6H,7-8H2,1-2H3,(H,15,20)(H,18,19). The van der Waals surface area contributed by atoms with Crippen LogP contribution < -0.4 is 5.32 Å². The van der Waals surface area contributed by atoms with Crippen molar-refractivity contribution in [1.29, 1.82) is 0 Å². The highest BCUT2D eigenvalue weighted by Crippen LogP contribution is 2.10. The Morgan fingerprint density at radius 3 is 2.86 bits per heavy atom. The number of nitrogens with one attached hydrogen (secondary N) is 1. The maximum atomic E-state index is 12.0. The van der Waals surface area contributed by atoms with E-state index in [0.29, 0.717) is 18.0 Å². The van der Waals surface area contributed by atoms with Crippen molar-refractivity contribution in [1.82, 2.24) is 14.7 Å². The van der Waals surface area contributed by atoms with E-state index in [1.54, 1.807) is 7.05 Å². The summed E-state index contributed by atoms with van der Waals surface area (Å²) in [5.74, 6) is 0.474. The second kappa shape index (κ2) is 6.12. The van der Waals surface area contributed by atoms with Crippen LogP contribution >= 0.6 is 0 Å². The maximum absolute atomic E-state index is 12.0. The van der Waals surface area contributed by atoms with Gasteiger partial charge in [-0.3, -0.25) is 9.48 Å². The topological polar surface area (TPSA) is 101 Å². The Kier molecular flexibility index (Phi) is 4.27. The second-order valence-corrected chi connectivity index (χ2v) is 4.62. The molecule has 0 saturated carbocycles. The van der Waals surface area contributed by atoms with Gasteiger partial charge in [0.15, 0.2) is 0 Å². The van der Waals surface area contributed by atoms with Gasteiger partial charge >= 0.3 is 12.0 Å². The molecular formula is C13H16N4O4. The zero-order chi connectivity index (χ0) is 15.4. The first-order valence-corrected chi connectivity index (χ1v) is 6.25. The number of hydrogen-bond acceptors (Lipinski definition) is 4. The van der Waals surface area contributed by atoms with Gasteiger partial charge < -0.3 is 19.7 Å². The average molecular weight is 292 g/mol. The molecule has 0 aliphatic rings. The summed E-state index contributed by atoms with van der Waals surface area (Å²) in [6.07, 6.45) is 2.85. The molecule has 112 valence electrons. The Labute approximate surface area is 121 Å². The van der Waals surface area contributed by atoms with Crippen molar-refractivity contribution in [3.8, 4) is 0 Å². The lowest BCUT2D eigenvalue weighted by Gasteiger charge is -2.15. The van der Waals surface area contributed by atoms with Gasteiger partial charge in [0.05, 0.1) is 18.4 Å². The third kappa shape index (κ3) is 4.10. The molecule has 0 spiro atoms. The molecule has 8 heteroatoms. The molecule has 0 fully saturated rings. The van der Waals surface area contributed by atoms with Crippen LogP contribution in [0.3, 0.4) is 0 Å². The molecule has 0 aromatic carbocycles. The van der Waals surface area contributed by atoms with Gasteiger partial charge in [-0.2, -0.15) is 5.10 Å². The summed E-state index contributed by atoms with van der Waals surface area (Å²) >= 11 is 0. The number of carboxylic acid groups (broad SMARTS) is 1. The second-order valence-electron chi connectivity index (χ2n) is 4.62. The Bertz CT molecular complexity index is 646. The molecule has 2 aromatic heterocycles. The number of aryl methyl sites for hydroxylation is 1. The summed E-state index contributed by atoms with van der Waals surface area (Å²) < 4.78 is 6.63. The van der Waals surface area contributed by atoms with Gasteiger partial charge in [0, 0.05) is 13.2 Å². The van der Waals surface area contributed by atoms with Crippen LogP contribution in [0, 0.1) is 6.92 Å². The smallest absolute Gasteiger partial charge is 0.325 e. The molecule has 2 heterocycles. The molecule has 0 aliphatic heterocycles. The zero-order valence-corrected chi connectivity index (χ0v) is 11.7. The van der Waals surface area contributed by atoms with Crippen molar-refractivity contribution in [2.75, 3.05) is 12.4 Å². The van der Waals surface area contributed by atoms with Crippen LogP contribution in [0.2, 0.25) is 0 Å². The van der Waals surface area contributed by atoms with Gasteiger partial charge in [-0.25, -0.2) is 4.79 Å². The van der Waals surface area contributed by atoms with E-state index in [-0.39, 0.29) is 12.6 Å². The number of rotatable bonds is 5. The number of furan rings is 1. The highest BCUT2D eigenvalue weighted by molar-refractivity contribution is 5.88. The van der Waals surface area contributed by atoms with Crippen molar-refractivity contribution >= 4 is 17.7 Å². The predicted molar refractivity (Wildman–Crippen MR) is 73.8 cm³/mol. The summed E-state index contributed by atoms with van der Waals surface area (Å²) in [7, 11) is 1.63. The number of carbonyl (C=O) groups is 2. The van der Waals surface area contributed by atoms with Crippen molar-refractivity contribution in [3.63, 3.8) is 0 Å². The molecule has 0 bridgehead atoms. The van der Waals surface area contributed by atoms with Crippen LogP contribution in [0.4, 0.5) is 10.5 Å². The minimum atomic E-state index is -0.999. The summed E-state index contributed by atoms with van der Waals surface area (Å²) in [4.78, 5) is 24.0. The van der Waals surface area contributed by atoms with Crippen molar-refractivity contribution in [2.24, 2.45) is 0 Å². The molecule has 0 saturated heterocycles. The number of carboxylic acids is 1. The molecule has 0 atom stereocenters. The largest absolute Gasteiger partial charge is 0.480 e. The summed E-state index contributed by atoms with van der Waals surface area (Å²) in [5, 5.41) is 15.1. The van der Waals surface area contributed by atoms with E-state index in [2.05, 4.69) is 10.4 Å². The van der Waals surface area contributed by atoms with Crippen molar-refractivity contribution < 1.29 is 19.1 Å². The Morgan fingerprint density at radius 1 is 1.48 bits per heavy atom. The van der Waals surface area contributed by atoms with Gasteiger partial charge in [0.25, 0.3) is 0 Å². The van der Waals surface area contributed by atoms with E-state index < -0.39 is 5.97 Å². The number of aromatic nitrogens is 2. The van der Waals surface area contributed by atoms with Crippen LogP contribution in [0.1, 0.15) is 11.5 Å². The molecule has 21 heavy (non-hydrogen) atoms. The Balaban J connectivity index is 1.91. The number of aliphatic carboxylic acids is 1. The van der Waals surface area contributed by atoms with Gasteiger partial charge in [-0.05, 0) is 19.1 Å². The molecule has 2 amide bonds. The fourth-order valence-electron chi connectivity index (χ4n) is 1.75. The van der Waals surface area contributed by atoms with Crippen LogP contribution in [0.5, 0.6) is 0 Å². The van der Waals surface area contributed by atoms with E-state index in [1.165, 1.54) is 22.0 Å². The highest BCUT2D eigenvalue weighted by Gasteiger charge is 2.12. The van der Waals surface area contributed by atoms with E-state index in [1.807, 2.05) is 19.1 Å². The van der Waals surface area contributed by atoms with Gasteiger partial charge in [0.2, 0.25) is 0 Å². The average Bonchev–Trinajstić information content (AvgIpc) is 2.98. The molecule has 0 radical (unpaired) electrons. The van der Waals surface area contributed by atoms with Crippen LogP contribution in [-0.4, -0.2) is 38.8 Å².